The monoisotopic (exact) mass is 414 g/mol. The lowest BCUT2D eigenvalue weighted by Gasteiger charge is -2.37. The molecule has 1 saturated heterocycles. The molecule has 0 bridgehead atoms. The van der Waals surface area contributed by atoms with Crippen molar-refractivity contribution in [2.75, 3.05) is 25.0 Å². The zero-order chi connectivity index (χ0) is 21.5. The van der Waals surface area contributed by atoms with Gasteiger partial charge in [-0.3, -0.25) is 19.3 Å². The van der Waals surface area contributed by atoms with E-state index in [1.165, 1.54) is 11.9 Å². The number of anilines is 1. The number of para-hydroxylation sites is 2. The molecule has 1 saturated carbocycles. The number of fused-ring (bicyclic) bond motifs is 1. The molecule has 2 N–H and O–H groups in total. The van der Waals surface area contributed by atoms with Crippen LogP contribution in [-0.4, -0.2) is 60.4 Å². The summed E-state index contributed by atoms with van der Waals surface area (Å²) in [5.41, 5.74) is -0.404. The first-order valence-electron chi connectivity index (χ1n) is 10.3. The number of ether oxygens (including phenoxy) is 1. The number of rotatable bonds is 3. The van der Waals surface area contributed by atoms with Crippen LogP contribution >= 0.6 is 0 Å². The number of amides is 5. The summed E-state index contributed by atoms with van der Waals surface area (Å²) in [6.07, 6.45) is 2.46. The van der Waals surface area contributed by atoms with Crippen LogP contribution in [0.3, 0.4) is 0 Å². The van der Waals surface area contributed by atoms with Crippen LogP contribution in [0.15, 0.2) is 24.3 Å². The van der Waals surface area contributed by atoms with Crippen LogP contribution in [0.25, 0.3) is 0 Å². The van der Waals surface area contributed by atoms with Gasteiger partial charge in [-0.15, -0.1) is 0 Å². The molecule has 1 spiro atoms. The number of carbonyl (C=O) groups is 4. The lowest BCUT2D eigenvalue weighted by Crippen LogP contribution is -2.55. The number of benzene rings is 1. The molecule has 0 aromatic heterocycles. The topological polar surface area (TPSA) is 108 Å². The SMILES string of the molecule is CNC(=O)[C@@H]1CN(C(=O)CN2C(=O)N[C@]3(CCCC[C@H]3C)C2=O)c2ccccc2O1. The molecule has 3 aliphatic rings. The maximum Gasteiger partial charge on any atom is 0.325 e. The number of urea groups is 1. The van der Waals surface area contributed by atoms with Gasteiger partial charge in [-0.05, 0) is 30.9 Å². The Labute approximate surface area is 174 Å². The standard InChI is InChI=1S/C21H26N4O5/c1-13-7-5-6-10-21(13)19(28)25(20(29)23-21)12-17(26)24-11-16(18(27)22-2)30-15-9-4-3-8-14(15)24/h3-4,8-9,13,16H,5-7,10-12H2,1-2H3,(H,22,27)(H,23,29)/t13-,16+,21+/m1/s1. The summed E-state index contributed by atoms with van der Waals surface area (Å²) in [4.78, 5) is 53.5. The van der Waals surface area contributed by atoms with Gasteiger partial charge < -0.3 is 20.3 Å². The molecule has 9 nitrogen and oxygen atoms in total. The van der Waals surface area contributed by atoms with E-state index < -0.39 is 23.6 Å². The zero-order valence-corrected chi connectivity index (χ0v) is 17.1. The molecular weight excluding hydrogens is 388 g/mol. The smallest absolute Gasteiger partial charge is 0.325 e. The Morgan fingerprint density at radius 3 is 2.77 bits per heavy atom. The predicted molar refractivity (Wildman–Crippen MR) is 108 cm³/mol. The van der Waals surface area contributed by atoms with Crippen molar-refractivity contribution in [3.63, 3.8) is 0 Å². The molecule has 2 aliphatic heterocycles. The average molecular weight is 414 g/mol. The minimum atomic E-state index is -0.914. The second-order valence-electron chi connectivity index (χ2n) is 8.13. The highest BCUT2D eigenvalue weighted by Crippen LogP contribution is 2.38. The van der Waals surface area contributed by atoms with Crippen LogP contribution < -0.4 is 20.3 Å². The van der Waals surface area contributed by atoms with Crippen molar-refractivity contribution in [2.45, 2.75) is 44.2 Å². The number of hydrogen-bond acceptors (Lipinski definition) is 5. The van der Waals surface area contributed by atoms with Crippen LogP contribution in [0.4, 0.5) is 10.5 Å². The number of imide groups is 1. The van der Waals surface area contributed by atoms with Gasteiger partial charge in [0.2, 0.25) is 5.91 Å². The van der Waals surface area contributed by atoms with Crippen LogP contribution in [0.1, 0.15) is 32.6 Å². The van der Waals surface area contributed by atoms with Crippen molar-refractivity contribution in [1.29, 1.82) is 0 Å². The second kappa shape index (κ2) is 7.62. The number of likely N-dealkylation sites (N-methyl/N-ethyl adjacent to an activating group) is 1. The summed E-state index contributed by atoms with van der Waals surface area (Å²) in [5, 5.41) is 5.39. The summed E-state index contributed by atoms with van der Waals surface area (Å²) in [7, 11) is 1.50. The second-order valence-corrected chi connectivity index (χ2v) is 8.13. The minimum Gasteiger partial charge on any atom is -0.477 e. The third-order valence-electron chi connectivity index (χ3n) is 6.41. The van der Waals surface area contributed by atoms with Gasteiger partial charge in [-0.25, -0.2) is 4.79 Å². The molecule has 160 valence electrons. The van der Waals surface area contributed by atoms with Crippen LogP contribution in [-0.2, 0) is 14.4 Å². The van der Waals surface area contributed by atoms with E-state index in [2.05, 4.69) is 10.6 Å². The fraction of sp³-hybridized carbons (Fsp3) is 0.524. The molecule has 1 aromatic carbocycles. The van der Waals surface area contributed by atoms with E-state index >= 15 is 0 Å². The molecule has 4 rings (SSSR count). The van der Waals surface area contributed by atoms with E-state index in [0.29, 0.717) is 17.9 Å². The van der Waals surface area contributed by atoms with Gasteiger partial charge in [0.05, 0.1) is 12.2 Å². The van der Waals surface area contributed by atoms with Crippen molar-refractivity contribution in [2.24, 2.45) is 5.92 Å². The summed E-state index contributed by atoms with van der Waals surface area (Å²) in [6.45, 7) is 1.59. The molecule has 30 heavy (non-hydrogen) atoms. The molecule has 0 unspecified atom stereocenters. The lowest BCUT2D eigenvalue weighted by atomic mass is 9.73. The van der Waals surface area contributed by atoms with E-state index in [1.54, 1.807) is 24.3 Å². The largest absolute Gasteiger partial charge is 0.477 e. The van der Waals surface area contributed by atoms with Crippen molar-refractivity contribution in [3.05, 3.63) is 24.3 Å². The molecule has 1 aliphatic carbocycles. The Morgan fingerprint density at radius 2 is 2.03 bits per heavy atom. The van der Waals surface area contributed by atoms with Crippen molar-refractivity contribution < 1.29 is 23.9 Å². The van der Waals surface area contributed by atoms with E-state index in [9.17, 15) is 19.2 Å². The number of hydrogen-bond donors (Lipinski definition) is 2. The van der Waals surface area contributed by atoms with Gasteiger partial charge in [0.15, 0.2) is 6.10 Å². The number of nitrogens with one attached hydrogen (secondary N) is 2. The van der Waals surface area contributed by atoms with Gasteiger partial charge in [0, 0.05) is 7.05 Å². The van der Waals surface area contributed by atoms with E-state index in [1.807, 2.05) is 6.92 Å². The van der Waals surface area contributed by atoms with Gasteiger partial charge in [-0.2, -0.15) is 0 Å². The van der Waals surface area contributed by atoms with E-state index in [-0.39, 0.29) is 30.8 Å². The van der Waals surface area contributed by atoms with Crippen molar-refractivity contribution in [3.8, 4) is 5.75 Å². The third kappa shape index (κ3) is 3.18. The molecule has 3 atom stereocenters. The fourth-order valence-corrected chi connectivity index (χ4v) is 4.63. The highest BCUT2D eigenvalue weighted by molar-refractivity contribution is 6.11. The van der Waals surface area contributed by atoms with Crippen LogP contribution in [0.5, 0.6) is 5.75 Å². The maximum atomic E-state index is 13.2. The van der Waals surface area contributed by atoms with Crippen molar-refractivity contribution in [1.82, 2.24) is 15.5 Å². The minimum absolute atomic E-state index is 0.000709. The van der Waals surface area contributed by atoms with Gasteiger partial charge in [-0.1, -0.05) is 31.9 Å². The number of carbonyl (C=O) groups excluding carboxylic acids is 4. The van der Waals surface area contributed by atoms with Crippen molar-refractivity contribution >= 4 is 29.4 Å². The molecule has 2 heterocycles. The summed E-state index contributed by atoms with van der Waals surface area (Å²) < 4.78 is 5.72. The molecule has 0 radical (unpaired) electrons. The molecule has 1 aromatic rings. The zero-order valence-electron chi connectivity index (χ0n) is 17.1. The summed E-state index contributed by atoms with van der Waals surface area (Å²) in [5.74, 6) is -0.710. The highest BCUT2D eigenvalue weighted by atomic mass is 16.5. The van der Waals surface area contributed by atoms with E-state index in [0.717, 1.165) is 24.2 Å². The first kappa shape index (κ1) is 20.2. The Bertz CT molecular complexity index is 903. The Kier molecular flexibility index (Phi) is 5.13. The van der Waals surface area contributed by atoms with Gasteiger partial charge in [0.25, 0.3) is 11.8 Å². The Hall–Kier alpha value is -3.10. The van der Waals surface area contributed by atoms with Gasteiger partial charge in [0.1, 0.15) is 17.8 Å². The Balaban J connectivity index is 1.56. The highest BCUT2D eigenvalue weighted by Gasteiger charge is 2.55. The summed E-state index contributed by atoms with van der Waals surface area (Å²) in [6, 6.07) is 6.36. The normalized spacial score (nSPS) is 28.1. The quantitative estimate of drug-likeness (QED) is 0.718. The third-order valence-corrected chi connectivity index (χ3v) is 6.41. The lowest BCUT2D eigenvalue weighted by molar-refractivity contribution is -0.137. The number of nitrogens with zero attached hydrogens (tertiary/aromatic N) is 2. The predicted octanol–water partition coefficient (Wildman–Crippen LogP) is 1.03. The van der Waals surface area contributed by atoms with Crippen LogP contribution in [0.2, 0.25) is 0 Å². The van der Waals surface area contributed by atoms with Crippen LogP contribution in [0, 0.1) is 5.92 Å². The molecular formula is C21H26N4O5. The molecule has 9 heteroatoms. The average Bonchev–Trinajstić information content (AvgIpc) is 2.99. The summed E-state index contributed by atoms with van der Waals surface area (Å²) >= 11 is 0. The van der Waals surface area contributed by atoms with Gasteiger partial charge >= 0.3 is 6.03 Å². The fourth-order valence-electron chi connectivity index (χ4n) is 4.63. The first-order chi connectivity index (χ1) is 14.4. The Morgan fingerprint density at radius 1 is 1.27 bits per heavy atom. The molecule has 2 fully saturated rings. The first-order valence-corrected chi connectivity index (χ1v) is 10.3. The maximum absolute atomic E-state index is 13.2. The van der Waals surface area contributed by atoms with E-state index in [4.69, 9.17) is 4.74 Å². The molecule has 5 amide bonds.